The van der Waals surface area contributed by atoms with Crippen molar-refractivity contribution < 1.29 is 8.42 Å². The van der Waals surface area contributed by atoms with Crippen LogP contribution in [0.4, 0.5) is 0 Å². The zero-order valence-electron chi connectivity index (χ0n) is 12.3. The third-order valence-corrected chi connectivity index (χ3v) is 6.02. The monoisotopic (exact) mass is 312 g/mol. The van der Waals surface area contributed by atoms with Crippen molar-refractivity contribution in [2.24, 2.45) is 5.92 Å². The third kappa shape index (κ3) is 3.46. The molecule has 1 aromatic heterocycles. The van der Waals surface area contributed by atoms with Crippen molar-refractivity contribution in [3.8, 4) is 0 Å². The summed E-state index contributed by atoms with van der Waals surface area (Å²) in [7, 11) is -3.50. The van der Waals surface area contributed by atoms with Gasteiger partial charge in [0.25, 0.3) is 10.0 Å². The minimum Gasteiger partial charge on any atom is -0.334 e. The molecule has 21 heavy (non-hydrogen) atoms. The van der Waals surface area contributed by atoms with Gasteiger partial charge in [0.1, 0.15) is 0 Å². The molecule has 2 unspecified atom stereocenters. The van der Waals surface area contributed by atoms with E-state index in [2.05, 4.69) is 19.6 Å². The SMILES string of the molecule is O=S(=O)(NCC1CCCCC1N1CCCC1)c1ncc[nH]1. The minimum absolute atomic E-state index is 0.0102. The van der Waals surface area contributed by atoms with E-state index in [1.165, 1.54) is 57.6 Å². The molecule has 0 bridgehead atoms. The van der Waals surface area contributed by atoms with Gasteiger partial charge < -0.3 is 9.88 Å². The zero-order valence-corrected chi connectivity index (χ0v) is 13.1. The molecule has 2 atom stereocenters. The Bertz CT molecular complexity index is 537. The topological polar surface area (TPSA) is 78.1 Å². The van der Waals surface area contributed by atoms with Crippen molar-refractivity contribution in [3.63, 3.8) is 0 Å². The summed E-state index contributed by atoms with van der Waals surface area (Å²) < 4.78 is 27.0. The standard InChI is InChI=1S/C14H24N4O2S/c19-21(20,14-15-7-8-16-14)17-11-12-5-1-2-6-13(12)18-9-3-4-10-18/h7-8,12-13,17H,1-6,9-11H2,(H,15,16). The molecule has 6 nitrogen and oxygen atoms in total. The van der Waals surface area contributed by atoms with Crippen LogP contribution in [0.2, 0.25) is 0 Å². The van der Waals surface area contributed by atoms with Crippen molar-refractivity contribution in [2.45, 2.75) is 49.7 Å². The van der Waals surface area contributed by atoms with E-state index in [-0.39, 0.29) is 5.16 Å². The molecule has 0 aromatic carbocycles. The van der Waals surface area contributed by atoms with Crippen molar-refractivity contribution in [1.29, 1.82) is 0 Å². The first kappa shape index (κ1) is 15.0. The smallest absolute Gasteiger partial charge is 0.274 e. The Morgan fingerprint density at radius 1 is 1.24 bits per heavy atom. The Morgan fingerprint density at radius 2 is 2.00 bits per heavy atom. The highest BCUT2D eigenvalue weighted by Crippen LogP contribution is 2.30. The Labute approximate surface area is 126 Å². The first-order chi connectivity index (χ1) is 10.2. The van der Waals surface area contributed by atoms with Crippen molar-refractivity contribution in [1.82, 2.24) is 19.6 Å². The van der Waals surface area contributed by atoms with Gasteiger partial charge in [-0.3, -0.25) is 0 Å². The number of sulfonamides is 1. The minimum atomic E-state index is -3.50. The maximum absolute atomic E-state index is 12.1. The molecule has 2 heterocycles. The highest BCUT2D eigenvalue weighted by atomic mass is 32.2. The highest BCUT2D eigenvalue weighted by Gasteiger charge is 2.32. The van der Waals surface area contributed by atoms with Gasteiger partial charge in [0, 0.05) is 25.0 Å². The van der Waals surface area contributed by atoms with E-state index in [4.69, 9.17) is 0 Å². The number of aromatic amines is 1. The van der Waals surface area contributed by atoms with Gasteiger partial charge in [-0.2, -0.15) is 0 Å². The molecule has 0 radical (unpaired) electrons. The molecule has 2 N–H and O–H groups in total. The van der Waals surface area contributed by atoms with Gasteiger partial charge >= 0.3 is 0 Å². The summed E-state index contributed by atoms with van der Waals surface area (Å²) in [5, 5.41) is 0.0102. The predicted molar refractivity (Wildman–Crippen MR) is 80.3 cm³/mol. The molecule has 0 spiro atoms. The van der Waals surface area contributed by atoms with Crippen LogP contribution in [-0.2, 0) is 10.0 Å². The van der Waals surface area contributed by atoms with E-state index < -0.39 is 10.0 Å². The van der Waals surface area contributed by atoms with Crippen LogP contribution in [0.1, 0.15) is 38.5 Å². The second kappa shape index (κ2) is 6.46. The summed E-state index contributed by atoms with van der Waals surface area (Å²) in [5.74, 6) is 0.418. The number of nitrogens with one attached hydrogen (secondary N) is 2. The summed E-state index contributed by atoms with van der Waals surface area (Å²) in [6, 6.07) is 0.542. The van der Waals surface area contributed by atoms with Gasteiger partial charge in [0.2, 0.25) is 5.16 Å². The number of H-pyrrole nitrogens is 1. The summed E-state index contributed by atoms with van der Waals surface area (Å²) in [6.45, 7) is 2.86. The summed E-state index contributed by atoms with van der Waals surface area (Å²) >= 11 is 0. The molecule has 2 fully saturated rings. The summed E-state index contributed by atoms with van der Waals surface area (Å²) in [5.41, 5.74) is 0. The number of hydrogen-bond acceptors (Lipinski definition) is 4. The average molecular weight is 312 g/mol. The lowest BCUT2D eigenvalue weighted by Crippen LogP contribution is -2.45. The lowest BCUT2D eigenvalue weighted by molar-refractivity contribution is 0.130. The van der Waals surface area contributed by atoms with E-state index in [0.29, 0.717) is 18.5 Å². The Hall–Kier alpha value is -0.920. The van der Waals surface area contributed by atoms with Crippen LogP contribution in [-0.4, -0.2) is 49.0 Å². The zero-order chi connectivity index (χ0) is 14.7. The van der Waals surface area contributed by atoms with Crippen LogP contribution < -0.4 is 4.72 Å². The Kier molecular flexibility index (Phi) is 4.61. The van der Waals surface area contributed by atoms with Gasteiger partial charge in [-0.15, -0.1) is 0 Å². The lowest BCUT2D eigenvalue weighted by atomic mass is 9.84. The third-order valence-electron chi connectivity index (χ3n) is 4.74. The summed E-state index contributed by atoms with van der Waals surface area (Å²) in [4.78, 5) is 9.05. The first-order valence-corrected chi connectivity index (χ1v) is 9.38. The molecule has 1 saturated heterocycles. The molecule has 3 rings (SSSR count). The van der Waals surface area contributed by atoms with Crippen molar-refractivity contribution >= 4 is 10.0 Å². The number of imidazole rings is 1. The van der Waals surface area contributed by atoms with Gasteiger partial charge in [-0.1, -0.05) is 12.8 Å². The molecule has 118 valence electrons. The number of aromatic nitrogens is 2. The van der Waals surface area contributed by atoms with Crippen LogP contribution in [0.15, 0.2) is 17.6 Å². The fourth-order valence-electron chi connectivity index (χ4n) is 3.66. The van der Waals surface area contributed by atoms with Crippen molar-refractivity contribution in [2.75, 3.05) is 19.6 Å². The molecule has 1 aliphatic heterocycles. The van der Waals surface area contributed by atoms with Crippen LogP contribution in [0.3, 0.4) is 0 Å². The molecule has 0 amide bonds. The van der Waals surface area contributed by atoms with Gasteiger partial charge in [-0.25, -0.2) is 18.1 Å². The Morgan fingerprint density at radius 3 is 2.71 bits per heavy atom. The molecule has 2 aliphatic rings. The van der Waals surface area contributed by atoms with Crippen molar-refractivity contribution in [3.05, 3.63) is 12.4 Å². The predicted octanol–water partition coefficient (Wildman–Crippen LogP) is 1.34. The summed E-state index contributed by atoms with van der Waals surface area (Å²) in [6.07, 6.45) is 10.3. The van der Waals surface area contributed by atoms with E-state index in [9.17, 15) is 8.42 Å². The normalized spacial score (nSPS) is 28.0. The molecule has 1 saturated carbocycles. The van der Waals surface area contributed by atoms with E-state index in [1.807, 2.05) is 0 Å². The lowest BCUT2D eigenvalue weighted by Gasteiger charge is -2.38. The maximum atomic E-state index is 12.1. The maximum Gasteiger partial charge on any atom is 0.274 e. The second-order valence-corrected chi connectivity index (χ2v) is 7.78. The number of hydrogen-bond donors (Lipinski definition) is 2. The van der Waals surface area contributed by atoms with E-state index in [1.54, 1.807) is 0 Å². The van der Waals surface area contributed by atoms with Gasteiger partial charge in [-0.05, 0) is 44.7 Å². The number of nitrogens with zero attached hydrogens (tertiary/aromatic N) is 2. The van der Waals surface area contributed by atoms with E-state index >= 15 is 0 Å². The molecule has 1 aliphatic carbocycles. The first-order valence-electron chi connectivity index (χ1n) is 7.90. The largest absolute Gasteiger partial charge is 0.334 e. The van der Waals surface area contributed by atoms with Crippen LogP contribution in [0, 0.1) is 5.92 Å². The second-order valence-electron chi connectivity index (χ2n) is 6.10. The van der Waals surface area contributed by atoms with Crippen LogP contribution >= 0.6 is 0 Å². The van der Waals surface area contributed by atoms with Crippen LogP contribution in [0.25, 0.3) is 0 Å². The molecular weight excluding hydrogens is 288 g/mol. The fourth-order valence-corrected chi connectivity index (χ4v) is 4.66. The highest BCUT2D eigenvalue weighted by molar-refractivity contribution is 7.89. The fraction of sp³-hybridized carbons (Fsp3) is 0.786. The van der Waals surface area contributed by atoms with Gasteiger partial charge in [0.15, 0.2) is 0 Å². The van der Waals surface area contributed by atoms with Crippen LogP contribution in [0.5, 0.6) is 0 Å². The van der Waals surface area contributed by atoms with E-state index in [0.717, 1.165) is 6.42 Å². The molecule has 7 heteroatoms. The average Bonchev–Trinajstić information content (AvgIpc) is 3.18. The number of rotatable bonds is 5. The Balaban J connectivity index is 1.62. The molecular formula is C14H24N4O2S. The molecule has 1 aromatic rings. The number of likely N-dealkylation sites (tertiary alicyclic amines) is 1. The quantitative estimate of drug-likeness (QED) is 0.860. The van der Waals surface area contributed by atoms with Gasteiger partial charge in [0.05, 0.1) is 0 Å².